The Labute approximate surface area is 127 Å². The molecule has 0 bridgehead atoms. The van der Waals surface area contributed by atoms with E-state index in [0.717, 1.165) is 0 Å². The summed E-state index contributed by atoms with van der Waals surface area (Å²) in [5.74, 6) is -0.0263. The fourth-order valence-corrected chi connectivity index (χ4v) is 1.89. The first kappa shape index (κ1) is 15.4. The van der Waals surface area contributed by atoms with Crippen LogP contribution in [0, 0.1) is 0 Å². The second kappa shape index (κ2) is 6.17. The van der Waals surface area contributed by atoms with Gasteiger partial charge in [0.2, 0.25) is 0 Å². The van der Waals surface area contributed by atoms with E-state index in [4.69, 9.17) is 0 Å². The lowest BCUT2D eigenvalue weighted by Crippen LogP contribution is -1.98. The zero-order chi connectivity index (χ0) is 16.3. The lowest BCUT2D eigenvalue weighted by Gasteiger charge is -2.05. The van der Waals surface area contributed by atoms with Crippen molar-refractivity contribution in [3.63, 3.8) is 0 Å². The third-order valence-electron chi connectivity index (χ3n) is 3.09. The van der Waals surface area contributed by atoms with Gasteiger partial charge in [-0.15, -0.1) is 0 Å². The van der Waals surface area contributed by atoms with Crippen molar-refractivity contribution < 1.29 is 20.4 Å². The third-order valence-corrected chi connectivity index (χ3v) is 3.09. The SMILES string of the molecule is C/C(=N\N=C(/C)c1cc(O)ccc1O)c1cc(O)ccc1O. The van der Waals surface area contributed by atoms with Crippen LogP contribution in [-0.4, -0.2) is 31.8 Å². The van der Waals surface area contributed by atoms with Crippen molar-refractivity contribution in [2.45, 2.75) is 13.8 Å². The summed E-state index contributed by atoms with van der Waals surface area (Å²) in [5.41, 5.74) is 1.51. The van der Waals surface area contributed by atoms with Crippen molar-refractivity contribution in [2.24, 2.45) is 10.2 Å². The van der Waals surface area contributed by atoms with Gasteiger partial charge in [0.15, 0.2) is 0 Å². The monoisotopic (exact) mass is 300 g/mol. The molecule has 4 N–H and O–H groups in total. The highest BCUT2D eigenvalue weighted by Crippen LogP contribution is 2.24. The highest BCUT2D eigenvalue weighted by atomic mass is 16.3. The quantitative estimate of drug-likeness (QED) is 0.397. The van der Waals surface area contributed by atoms with Gasteiger partial charge in [0.05, 0.1) is 11.4 Å². The number of phenols is 4. The summed E-state index contributed by atoms with van der Waals surface area (Å²) in [6.07, 6.45) is 0. The molecule has 0 aromatic heterocycles. The van der Waals surface area contributed by atoms with E-state index in [1.54, 1.807) is 13.8 Å². The van der Waals surface area contributed by atoms with Gasteiger partial charge in [0, 0.05) is 11.1 Å². The second-order valence-electron chi connectivity index (χ2n) is 4.77. The van der Waals surface area contributed by atoms with E-state index in [-0.39, 0.29) is 23.0 Å². The van der Waals surface area contributed by atoms with Crippen LogP contribution in [-0.2, 0) is 0 Å². The Hall–Kier alpha value is -3.02. The second-order valence-corrected chi connectivity index (χ2v) is 4.77. The summed E-state index contributed by atoms with van der Waals surface area (Å²) in [6.45, 7) is 3.27. The van der Waals surface area contributed by atoms with E-state index in [2.05, 4.69) is 10.2 Å². The van der Waals surface area contributed by atoms with Crippen LogP contribution in [0.4, 0.5) is 0 Å². The maximum Gasteiger partial charge on any atom is 0.124 e. The molecule has 0 aliphatic heterocycles. The molecule has 22 heavy (non-hydrogen) atoms. The van der Waals surface area contributed by atoms with Crippen LogP contribution in [0.25, 0.3) is 0 Å². The summed E-state index contributed by atoms with van der Waals surface area (Å²) in [7, 11) is 0. The van der Waals surface area contributed by atoms with Crippen molar-refractivity contribution >= 4 is 11.4 Å². The van der Waals surface area contributed by atoms with E-state index in [0.29, 0.717) is 22.6 Å². The first-order valence-corrected chi connectivity index (χ1v) is 6.52. The molecule has 0 aliphatic rings. The van der Waals surface area contributed by atoms with Gasteiger partial charge in [-0.05, 0) is 50.2 Å². The van der Waals surface area contributed by atoms with Crippen LogP contribution in [0.1, 0.15) is 25.0 Å². The van der Waals surface area contributed by atoms with Gasteiger partial charge in [-0.2, -0.15) is 10.2 Å². The van der Waals surface area contributed by atoms with E-state index >= 15 is 0 Å². The van der Waals surface area contributed by atoms with Crippen LogP contribution in [0.15, 0.2) is 46.6 Å². The van der Waals surface area contributed by atoms with Gasteiger partial charge in [0.25, 0.3) is 0 Å². The van der Waals surface area contributed by atoms with E-state index in [1.807, 2.05) is 0 Å². The lowest BCUT2D eigenvalue weighted by atomic mass is 10.1. The maximum atomic E-state index is 9.75. The van der Waals surface area contributed by atoms with Gasteiger partial charge >= 0.3 is 0 Å². The Bertz CT molecular complexity index is 701. The molecule has 2 aromatic carbocycles. The maximum absolute atomic E-state index is 9.75. The molecule has 2 rings (SSSR count). The normalized spacial score (nSPS) is 12.5. The summed E-state index contributed by atoms with van der Waals surface area (Å²) in [6, 6.07) is 8.22. The number of rotatable bonds is 3. The summed E-state index contributed by atoms with van der Waals surface area (Å²) >= 11 is 0. The average Bonchev–Trinajstić information content (AvgIpc) is 2.49. The number of hydrogen-bond acceptors (Lipinski definition) is 6. The van der Waals surface area contributed by atoms with Crippen LogP contribution in [0.3, 0.4) is 0 Å². The van der Waals surface area contributed by atoms with Crippen LogP contribution < -0.4 is 0 Å². The first-order chi connectivity index (χ1) is 10.4. The average molecular weight is 300 g/mol. The lowest BCUT2D eigenvalue weighted by molar-refractivity contribution is 0.459. The van der Waals surface area contributed by atoms with E-state index in [9.17, 15) is 20.4 Å². The topological polar surface area (TPSA) is 106 Å². The highest BCUT2D eigenvalue weighted by Gasteiger charge is 2.08. The predicted octanol–water partition coefficient (Wildman–Crippen LogP) is 2.74. The first-order valence-electron chi connectivity index (χ1n) is 6.52. The van der Waals surface area contributed by atoms with Gasteiger partial charge in [0.1, 0.15) is 23.0 Å². The predicted molar refractivity (Wildman–Crippen MR) is 84.0 cm³/mol. The zero-order valence-electron chi connectivity index (χ0n) is 12.1. The van der Waals surface area contributed by atoms with Crippen molar-refractivity contribution in [1.82, 2.24) is 0 Å². The smallest absolute Gasteiger partial charge is 0.124 e. The molecule has 6 heteroatoms. The fourth-order valence-electron chi connectivity index (χ4n) is 1.89. The molecule has 114 valence electrons. The molecule has 0 atom stereocenters. The standard InChI is InChI=1S/C16H16N2O4/c1-9(13-7-11(19)3-5-15(13)21)17-18-10(2)14-8-12(20)4-6-16(14)22/h3-8,19-22H,1-2H3/b17-9+,18-10+. The molecule has 2 aromatic rings. The fraction of sp³-hybridized carbons (Fsp3) is 0.125. The van der Waals surface area contributed by atoms with Crippen molar-refractivity contribution in [3.05, 3.63) is 47.5 Å². The van der Waals surface area contributed by atoms with Crippen LogP contribution in [0.5, 0.6) is 23.0 Å². The van der Waals surface area contributed by atoms with Gasteiger partial charge in [-0.3, -0.25) is 0 Å². The molecule has 6 nitrogen and oxygen atoms in total. The largest absolute Gasteiger partial charge is 0.508 e. The van der Waals surface area contributed by atoms with E-state index in [1.165, 1.54) is 36.4 Å². The van der Waals surface area contributed by atoms with Crippen LogP contribution >= 0.6 is 0 Å². The molecule has 0 saturated heterocycles. The van der Waals surface area contributed by atoms with Gasteiger partial charge in [-0.25, -0.2) is 0 Å². The molecule has 0 fully saturated rings. The van der Waals surface area contributed by atoms with Gasteiger partial charge in [-0.1, -0.05) is 0 Å². The minimum atomic E-state index is -0.0212. The van der Waals surface area contributed by atoms with Gasteiger partial charge < -0.3 is 20.4 Å². The van der Waals surface area contributed by atoms with Crippen molar-refractivity contribution in [2.75, 3.05) is 0 Å². The molecule has 0 saturated carbocycles. The minimum Gasteiger partial charge on any atom is -0.508 e. The Balaban J connectivity index is 2.36. The Kier molecular flexibility index (Phi) is 4.31. The Morgan fingerprint density at radius 3 is 1.41 bits per heavy atom. The molecule has 0 amide bonds. The Morgan fingerprint density at radius 2 is 1.05 bits per heavy atom. The number of nitrogens with zero attached hydrogens (tertiary/aromatic N) is 2. The molecule has 0 spiro atoms. The molecule has 0 radical (unpaired) electrons. The third kappa shape index (κ3) is 3.35. The van der Waals surface area contributed by atoms with E-state index < -0.39 is 0 Å². The summed E-state index contributed by atoms with van der Waals surface area (Å²) in [5, 5.41) is 46.4. The highest BCUT2D eigenvalue weighted by molar-refractivity contribution is 6.04. The molecular formula is C16H16N2O4. The van der Waals surface area contributed by atoms with Crippen molar-refractivity contribution in [1.29, 1.82) is 0 Å². The molecule has 0 aliphatic carbocycles. The summed E-state index contributed by atoms with van der Waals surface area (Å²) < 4.78 is 0. The molecule has 0 heterocycles. The summed E-state index contributed by atoms with van der Waals surface area (Å²) in [4.78, 5) is 0. The molecular weight excluding hydrogens is 284 g/mol. The van der Waals surface area contributed by atoms with Crippen molar-refractivity contribution in [3.8, 4) is 23.0 Å². The Morgan fingerprint density at radius 1 is 0.682 bits per heavy atom. The number of aromatic hydroxyl groups is 4. The number of phenolic OH excluding ortho intramolecular Hbond substituents is 4. The molecule has 0 unspecified atom stereocenters. The van der Waals surface area contributed by atoms with Crippen LogP contribution in [0.2, 0.25) is 0 Å². The zero-order valence-corrected chi connectivity index (χ0v) is 12.1. The minimum absolute atomic E-state index is 0.00803. The number of benzene rings is 2. The number of hydrogen-bond donors (Lipinski definition) is 4.